The van der Waals surface area contributed by atoms with Crippen molar-refractivity contribution >= 4 is 23.0 Å². The highest BCUT2D eigenvalue weighted by molar-refractivity contribution is 6.08. The predicted octanol–water partition coefficient (Wildman–Crippen LogP) is 2.74. The number of aryl methyl sites for hydroxylation is 1. The monoisotopic (exact) mass is 271 g/mol. The molecule has 2 rings (SSSR count). The molecule has 102 valence electrons. The van der Waals surface area contributed by atoms with E-state index < -0.39 is 10.8 Å². The van der Waals surface area contributed by atoms with Crippen molar-refractivity contribution in [2.75, 3.05) is 11.1 Å². The van der Waals surface area contributed by atoms with Gasteiger partial charge in [-0.25, -0.2) is 0 Å². The van der Waals surface area contributed by atoms with Crippen LogP contribution in [0.15, 0.2) is 42.5 Å². The second-order valence-electron chi connectivity index (χ2n) is 4.32. The van der Waals surface area contributed by atoms with Gasteiger partial charge in [-0.2, -0.15) is 0 Å². The Morgan fingerprint density at radius 3 is 2.60 bits per heavy atom. The summed E-state index contributed by atoms with van der Waals surface area (Å²) in [5.74, 6) is -0.561. The van der Waals surface area contributed by atoms with Gasteiger partial charge in [-0.05, 0) is 36.8 Å². The molecule has 0 unspecified atom stereocenters. The molecule has 0 saturated heterocycles. The molecule has 0 aliphatic carbocycles. The standard InChI is InChI=1S/C14H13N3O3/c1-9-4-2-5-10(8-9)16-14(18)11-6-3-7-12(15)13(11)17(19)20/h2-8H,15H2,1H3,(H,16,18). The Hall–Kier alpha value is -2.89. The van der Waals surface area contributed by atoms with Crippen LogP contribution in [0.1, 0.15) is 15.9 Å². The summed E-state index contributed by atoms with van der Waals surface area (Å²) < 4.78 is 0. The van der Waals surface area contributed by atoms with Gasteiger partial charge >= 0.3 is 5.69 Å². The summed E-state index contributed by atoms with van der Waals surface area (Å²) in [4.78, 5) is 22.5. The van der Waals surface area contributed by atoms with Gasteiger partial charge in [0.2, 0.25) is 0 Å². The van der Waals surface area contributed by atoms with Gasteiger partial charge in [-0.3, -0.25) is 14.9 Å². The molecule has 0 radical (unpaired) electrons. The van der Waals surface area contributed by atoms with Crippen LogP contribution in [0.3, 0.4) is 0 Å². The fraction of sp³-hybridized carbons (Fsp3) is 0.0714. The van der Waals surface area contributed by atoms with E-state index in [0.717, 1.165) is 5.56 Å². The lowest BCUT2D eigenvalue weighted by atomic mass is 10.1. The molecule has 3 N–H and O–H groups in total. The zero-order valence-electron chi connectivity index (χ0n) is 10.8. The predicted molar refractivity (Wildman–Crippen MR) is 76.6 cm³/mol. The van der Waals surface area contributed by atoms with Crippen LogP contribution < -0.4 is 11.1 Å². The quantitative estimate of drug-likeness (QED) is 0.509. The third kappa shape index (κ3) is 2.74. The highest BCUT2D eigenvalue weighted by Crippen LogP contribution is 2.26. The summed E-state index contributed by atoms with van der Waals surface area (Å²) in [5, 5.41) is 13.6. The van der Waals surface area contributed by atoms with Crippen LogP contribution in [0.2, 0.25) is 0 Å². The summed E-state index contributed by atoms with van der Waals surface area (Å²) in [6.45, 7) is 1.89. The van der Waals surface area contributed by atoms with Crippen LogP contribution in [-0.2, 0) is 0 Å². The lowest BCUT2D eigenvalue weighted by Gasteiger charge is -2.07. The molecule has 0 aliphatic heterocycles. The van der Waals surface area contributed by atoms with Crippen molar-refractivity contribution in [1.29, 1.82) is 0 Å². The number of hydrogen-bond donors (Lipinski definition) is 2. The Labute approximate surface area is 115 Å². The summed E-state index contributed by atoms with van der Waals surface area (Å²) in [5.41, 5.74) is 6.64. The van der Waals surface area contributed by atoms with Crippen molar-refractivity contribution in [3.05, 3.63) is 63.7 Å². The van der Waals surface area contributed by atoms with Crippen LogP contribution >= 0.6 is 0 Å². The number of rotatable bonds is 3. The number of nitrogens with one attached hydrogen (secondary N) is 1. The first kappa shape index (κ1) is 13.5. The third-order valence-corrected chi connectivity index (χ3v) is 2.77. The summed E-state index contributed by atoms with van der Waals surface area (Å²) in [6.07, 6.45) is 0. The largest absolute Gasteiger partial charge is 0.393 e. The summed E-state index contributed by atoms with van der Waals surface area (Å²) in [6, 6.07) is 11.4. The van der Waals surface area contributed by atoms with Gasteiger partial charge in [0.1, 0.15) is 11.3 Å². The van der Waals surface area contributed by atoms with E-state index in [9.17, 15) is 14.9 Å². The van der Waals surface area contributed by atoms with E-state index in [0.29, 0.717) is 5.69 Å². The van der Waals surface area contributed by atoms with E-state index in [1.807, 2.05) is 13.0 Å². The van der Waals surface area contributed by atoms with Crippen molar-refractivity contribution < 1.29 is 9.72 Å². The number of carbonyl (C=O) groups is 1. The SMILES string of the molecule is Cc1cccc(NC(=O)c2cccc(N)c2[N+](=O)[O-])c1. The topological polar surface area (TPSA) is 98.3 Å². The van der Waals surface area contributed by atoms with Crippen LogP contribution in [0.5, 0.6) is 0 Å². The lowest BCUT2D eigenvalue weighted by molar-refractivity contribution is -0.384. The Morgan fingerprint density at radius 2 is 1.95 bits per heavy atom. The maximum Gasteiger partial charge on any atom is 0.304 e. The summed E-state index contributed by atoms with van der Waals surface area (Å²) >= 11 is 0. The van der Waals surface area contributed by atoms with Crippen LogP contribution in [0.25, 0.3) is 0 Å². The van der Waals surface area contributed by atoms with E-state index >= 15 is 0 Å². The number of anilines is 2. The maximum absolute atomic E-state index is 12.1. The molecule has 6 nitrogen and oxygen atoms in total. The van der Waals surface area contributed by atoms with E-state index in [1.165, 1.54) is 18.2 Å². The number of nitro benzene ring substituents is 1. The molecule has 6 heteroatoms. The molecule has 0 aliphatic rings. The minimum Gasteiger partial charge on any atom is -0.393 e. The molecular weight excluding hydrogens is 258 g/mol. The molecular formula is C14H13N3O3. The first-order valence-corrected chi connectivity index (χ1v) is 5.90. The van der Waals surface area contributed by atoms with Crippen LogP contribution in [0, 0.1) is 17.0 Å². The highest BCUT2D eigenvalue weighted by atomic mass is 16.6. The number of hydrogen-bond acceptors (Lipinski definition) is 4. The Kier molecular flexibility index (Phi) is 3.65. The number of nitro groups is 1. The molecule has 20 heavy (non-hydrogen) atoms. The molecule has 1 amide bonds. The van der Waals surface area contributed by atoms with Crippen molar-refractivity contribution in [2.24, 2.45) is 0 Å². The maximum atomic E-state index is 12.1. The highest BCUT2D eigenvalue weighted by Gasteiger charge is 2.23. The van der Waals surface area contributed by atoms with Gasteiger partial charge in [0.25, 0.3) is 5.91 Å². The van der Waals surface area contributed by atoms with Gasteiger partial charge in [0.05, 0.1) is 4.92 Å². The Balaban J connectivity index is 2.35. The van der Waals surface area contributed by atoms with E-state index in [2.05, 4.69) is 5.32 Å². The smallest absolute Gasteiger partial charge is 0.304 e. The zero-order chi connectivity index (χ0) is 14.7. The van der Waals surface area contributed by atoms with Crippen molar-refractivity contribution in [1.82, 2.24) is 0 Å². The van der Waals surface area contributed by atoms with Gasteiger partial charge in [0, 0.05) is 5.69 Å². The minimum atomic E-state index is -0.652. The van der Waals surface area contributed by atoms with Crippen molar-refractivity contribution in [2.45, 2.75) is 6.92 Å². The number of carbonyl (C=O) groups excluding carboxylic acids is 1. The van der Waals surface area contributed by atoms with Gasteiger partial charge < -0.3 is 11.1 Å². The molecule has 0 atom stereocenters. The average Bonchev–Trinajstić information content (AvgIpc) is 2.37. The first-order chi connectivity index (χ1) is 9.49. The van der Waals surface area contributed by atoms with Gasteiger partial charge in [-0.1, -0.05) is 18.2 Å². The molecule has 2 aromatic rings. The zero-order valence-corrected chi connectivity index (χ0v) is 10.8. The summed E-state index contributed by atoms with van der Waals surface area (Å²) in [7, 11) is 0. The molecule has 0 spiro atoms. The minimum absolute atomic E-state index is 0.0353. The Morgan fingerprint density at radius 1 is 1.25 bits per heavy atom. The van der Waals surface area contributed by atoms with E-state index in [4.69, 9.17) is 5.73 Å². The average molecular weight is 271 g/mol. The number of para-hydroxylation sites is 1. The number of benzene rings is 2. The van der Waals surface area contributed by atoms with E-state index in [1.54, 1.807) is 18.2 Å². The fourth-order valence-electron chi connectivity index (χ4n) is 1.87. The Bertz CT molecular complexity index is 683. The second kappa shape index (κ2) is 5.40. The first-order valence-electron chi connectivity index (χ1n) is 5.90. The van der Waals surface area contributed by atoms with Gasteiger partial charge in [0.15, 0.2) is 0 Å². The van der Waals surface area contributed by atoms with Gasteiger partial charge in [-0.15, -0.1) is 0 Å². The second-order valence-corrected chi connectivity index (χ2v) is 4.32. The van der Waals surface area contributed by atoms with Crippen LogP contribution in [-0.4, -0.2) is 10.8 Å². The molecule has 0 fully saturated rings. The number of nitrogens with zero attached hydrogens (tertiary/aromatic N) is 1. The molecule has 0 aromatic heterocycles. The number of amides is 1. The number of nitrogens with two attached hydrogens (primary N) is 1. The normalized spacial score (nSPS) is 10.1. The van der Waals surface area contributed by atoms with Crippen molar-refractivity contribution in [3.63, 3.8) is 0 Å². The van der Waals surface area contributed by atoms with Crippen molar-refractivity contribution in [3.8, 4) is 0 Å². The molecule has 0 heterocycles. The van der Waals surface area contributed by atoms with E-state index in [-0.39, 0.29) is 16.9 Å². The third-order valence-electron chi connectivity index (χ3n) is 2.77. The molecule has 2 aromatic carbocycles. The fourth-order valence-corrected chi connectivity index (χ4v) is 1.87. The molecule has 0 saturated carbocycles. The number of nitrogen functional groups attached to an aromatic ring is 1. The van der Waals surface area contributed by atoms with Crippen LogP contribution in [0.4, 0.5) is 17.1 Å². The lowest BCUT2D eigenvalue weighted by Crippen LogP contribution is -2.14. The molecule has 0 bridgehead atoms.